The maximum atomic E-state index is 11.8. The second kappa shape index (κ2) is 6.19. The number of likely N-dealkylation sites (tertiary alicyclic amines) is 2. The van der Waals surface area contributed by atoms with Crippen LogP contribution in [0.25, 0.3) is 0 Å². The van der Waals surface area contributed by atoms with E-state index in [-0.39, 0.29) is 24.3 Å². The van der Waals surface area contributed by atoms with E-state index in [1.165, 1.54) is 0 Å². The monoisotopic (exact) mass is 327 g/mol. The number of ether oxygens (including phenoxy) is 2. The molecule has 0 atom stereocenters. The summed E-state index contributed by atoms with van der Waals surface area (Å²) < 4.78 is 10.6. The molecule has 0 bridgehead atoms. The Morgan fingerprint density at radius 3 is 1.35 bits per heavy atom. The minimum Gasteiger partial charge on any atom is -0.444 e. The van der Waals surface area contributed by atoms with Crippen molar-refractivity contribution in [2.45, 2.75) is 64.8 Å². The zero-order chi connectivity index (χ0) is 17.4. The fourth-order valence-electron chi connectivity index (χ4n) is 2.45. The number of rotatable bonds is 2. The van der Waals surface area contributed by atoms with Gasteiger partial charge in [0.2, 0.25) is 0 Å². The van der Waals surface area contributed by atoms with Gasteiger partial charge in [0, 0.05) is 38.3 Å². The predicted octanol–water partition coefficient (Wildman–Crippen LogP) is 1.81. The van der Waals surface area contributed by atoms with Crippen molar-refractivity contribution in [1.29, 1.82) is 0 Å². The maximum absolute atomic E-state index is 11.8. The molecular formula is C16H29N3O4. The third-order valence-corrected chi connectivity index (χ3v) is 3.54. The highest BCUT2D eigenvalue weighted by Gasteiger charge is 2.39. The van der Waals surface area contributed by atoms with Crippen LogP contribution in [0.15, 0.2) is 0 Å². The van der Waals surface area contributed by atoms with Crippen molar-refractivity contribution in [1.82, 2.24) is 15.1 Å². The molecule has 2 amide bonds. The summed E-state index contributed by atoms with van der Waals surface area (Å²) in [5.74, 6) is 0. The molecule has 2 aliphatic rings. The van der Waals surface area contributed by atoms with Gasteiger partial charge in [-0.25, -0.2) is 9.59 Å². The van der Waals surface area contributed by atoms with Crippen molar-refractivity contribution >= 4 is 12.2 Å². The van der Waals surface area contributed by atoms with Gasteiger partial charge in [-0.2, -0.15) is 0 Å². The van der Waals surface area contributed by atoms with Gasteiger partial charge >= 0.3 is 12.2 Å². The highest BCUT2D eigenvalue weighted by Crippen LogP contribution is 2.19. The van der Waals surface area contributed by atoms with E-state index in [1.54, 1.807) is 9.80 Å². The molecule has 0 aliphatic carbocycles. The normalized spacial score (nSPS) is 19.9. The van der Waals surface area contributed by atoms with Crippen LogP contribution in [-0.4, -0.2) is 71.5 Å². The zero-order valence-corrected chi connectivity index (χ0v) is 15.0. The molecule has 0 saturated carbocycles. The van der Waals surface area contributed by atoms with Crippen LogP contribution < -0.4 is 5.32 Å². The highest BCUT2D eigenvalue weighted by atomic mass is 16.6. The minimum absolute atomic E-state index is 0.264. The Bertz CT molecular complexity index is 413. The van der Waals surface area contributed by atoms with E-state index >= 15 is 0 Å². The summed E-state index contributed by atoms with van der Waals surface area (Å²) in [5, 5.41) is 3.45. The molecule has 2 saturated heterocycles. The number of nitrogens with zero attached hydrogens (tertiary/aromatic N) is 2. The van der Waals surface area contributed by atoms with Crippen LogP contribution in [0.2, 0.25) is 0 Å². The molecule has 0 unspecified atom stereocenters. The molecule has 2 fully saturated rings. The van der Waals surface area contributed by atoms with Gasteiger partial charge in [-0.05, 0) is 41.5 Å². The Hall–Kier alpha value is -1.50. The van der Waals surface area contributed by atoms with Gasteiger partial charge in [0.1, 0.15) is 11.2 Å². The lowest BCUT2D eigenvalue weighted by atomic mass is 10.0. The van der Waals surface area contributed by atoms with Gasteiger partial charge < -0.3 is 24.6 Å². The summed E-state index contributed by atoms with van der Waals surface area (Å²) in [7, 11) is 0. The lowest BCUT2D eigenvalue weighted by Gasteiger charge is -2.46. The quantitative estimate of drug-likeness (QED) is 0.837. The van der Waals surface area contributed by atoms with Gasteiger partial charge in [0.05, 0.1) is 0 Å². The van der Waals surface area contributed by atoms with E-state index in [4.69, 9.17) is 9.47 Å². The van der Waals surface area contributed by atoms with Gasteiger partial charge in [0.15, 0.2) is 0 Å². The van der Waals surface area contributed by atoms with E-state index in [2.05, 4.69) is 5.32 Å². The summed E-state index contributed by atoms with van der Waals surface area (Å²) in [6, 6.07) is 0.543. The topological polar surface area (TPSA) is 71.1 Å². The standard InChI is InChI=1S/C16H29N3O4/c1-15(2,3)22-13(20)18-7-11(8-18)17-12-9-19(10-12)14(21)23-16(4,5)6/h11-12,17H,7-10H2,1-6H3. The van der Waals surface area contributed by atoms with Crippen LogP contribution in [0.1, 0.15) is 41.5 Å². The van der Waals surface area contributed by atoms with E-state index in [0.29, 0.717) is 26.2 Å². The Labute approximate surface area is 138 Å². The van der Waals surface area contributed by atoms with Crippen LogP contribution in [0.3, 0.4) is 0 Å². The van der Waals surface area contributed by atoms with Crippen molar-refractivity contribution in [3.63, 3.8) is 0 Å². The molecule has 0 radical (unpaired) electrons. The van der Waals surface area contributed by atoms with Crippen LogP contribution in [0, 0.1) is 0 Å². The average molecular weight is 327 g/mol. The molecule has 7 heteroatoms. The minimum atomic E-state index is -0.461. The third kappa shape index (κ3) is 5.27. The van der Waals surface area contributed by atoms with E-state index in [9.17, 15) is 9.59 Å². The SMILES string of the molecule is CC(C)(C)OC(=O)N1CC(NC2CN(C(=O)OC(C)(C)C)C2)C1. The second-order valence-electron chi connectivity index (χ2n) is 8.33. The lowest BCUT2D eigenvalue weighted by Crippen LogP contribution is -2.68. The van der Waals surface area contributed by atoms with Crippen molar-refractivity contribution in [3.05, 3.63) is 0 Å². The molecule has 23 heavy (non-hydrogen) atoms. The number of carbonyl (C=O) groups excluding carboxylic acids is 2. The Morgan fingerprint density at radius 1 is 0.783 bits per heavy atom. The second-order valence-corrected chi connectivity index (χ2v) is 8.33. The first-order valence-electron chi connectivity index (χ1n) is 8.15. The fourth-order valence-corrected chi connectivity index (χ4v) is 2.45. The van der Waals surface area contributed by atoms with Crippen molar-refractivity contribution in [3.8, 4) is 0 Å². The van der Waals surface area contributed by atoms with Crippen molar-refractivity contribution in [2.75, 3.05) is 26.2 Å². The molecule has 2 heterocycles. The van der Waals surface area contributed by atoms with E-state index in [0.717, 1.165) is 0 Å². The summed E-state index contributed by atoms with van der Waals surface area (Å²) in [6.07, 6.45) is -0.529. The molecule has 2 aliphatic heterocycles. The highest BCUT2D eigenvalue weighted by molar-refractivity contribution is 5.70. The average Bonchev–Trinajstić information content (AvgIpc) is 2.18. The number of carbonyl (C=O) groups is 2. The summed E-state index contributed by atoms with van der Waals surface area (Å²) >= 11 is 0. The molecule has 132 valence electrons. The van der Waals surface area contributed by atoms with Gasteiger partial charge in [-0.15, -0.1) is 0 Å². The third-order valence-electron chi connectivity index (χ3n) is 3.54. The molecular weight excluding hydrogens is 298 g/mol. The number of hydrogen-bond donors (Lipinski definition) is 1. The van der Waals surface area contributed by atoms with Crippen molar-refractivity contribution < 1.29 is 19.1 Å². The van der Waals surface area contributed by atoms with E-state index < -0.39 is 11.2 Å². The van der Waals surface area contributed by atoms with Crippen LogP contribution in [-0.2, 0) is 9.47 Å². The molecule has 2 rings (SSSR count). The number of hydrogen-bond acceptors (Lipinski definition) is 5. The number of nitrogens with one attached hydrogen (secondary N) is 1. The van der Waals surface area contributed by atoms with Crippen LogP contribution >= 0.6 is 0 Å². The Morgan fingerprint density at radius 2 is 1.09 bits per heavy atom. The first-order valence-corrected chi connectivity index (χ1v) is 8.15. The lowest BCUT2D eigenvalue weighted by molar-refractivity contribution is -0.00799. The van der Waals surface area contributed by atoms with E-state index in [1.807, 2.05) is 41.5 Å². The largest absolute Gasteiger partial charge is 0.444 e. The number of amides is 2. The predicted molar refractivity (Wildman–Crippen MR) is 86.3 cm³/mol. The smallest absolute Gasteiger partial charge is 0.410 e. The molecule has 1 N–H and O–H groups in total. The van der Waals surface area contributed by atoms with Gasteiger partial charge in [0.25, 0.3) is 0 Å². The molecule has 0 aromatic rings. The van der Waals surface area contributed by atoms with Gasteiger partial charge in [-0.1, -0.05) is 0 Å². The van der Waals surface area contributed by atoms with Crippen LogP contribution in [0.4, 0.5) is 9.59 Å². The Kier molecular flexibility index (Phi) is 4.80. The Balaban J connectivity index is 1.62. The molecule has 0 aromatic heterocycles. The molecule has 0 aromatic carbocycles. The maximum Gasteiger partial charge on any atom is 0.410 e. The van der Waals surface area contributed by atoms with Gasteiger partial charge in [-0.3, -0.25) is 0 Å². The molecule has 0 spiro atoms. The summed E-state index contributed by atoms with van der Waals surface area (Å²) in [4.78, 5) is 27.0. The molecule has 7 nitrogen and oxygen atoms in total. The van der Waals surface area contributed by atoms with Crippen LogP contribution in [0.5, 0.6) is 0 Å². The first kappa shape index (κ1) is 17.8. The summed E-state index contributed by atoms with van der Waals surface area (Å²) in [5.41, 5.74) is -0.922. The zero-order valence-electron chi connectivity index (χ0n) is 15.0. The fraction of sp³-hybridized carbons (Fsp3) is 0.875. The summed E-state index contributed by atoms with van der Waals surface area (Å²) in [6.45, 7) is 13.8. The van der Waals surface area contributed by atoms with Crippen molar-refractivity contribution in [2.24, 2.45) is 0 Å². The first-order chi connectivity index (χ1) is 10.4.